The minimum Gasteiger partial charge on any atom is -0.377 e. The van der Waals surface area contributed by atoms with Crippen molar-refractivity contribution in [1.29, 1.82) is 0 Å². The van der Waals surface area contributed by atoms with Gasteiger partial charge in [-0.2, -0.15) is 5.10 Å². The lowest BCUT2D eigenvalue weighted by Gasteiger charge is -2.36. The second-order valence-electron chi connectivity index (χ2n) is 7.00. The van der Waals surface area contributed by atoms with Crippen molar-refractivity contribution in [3.63, 3.8) is 0 Å². The minimum absolute atomic E-state index is 0.00796. The maximum Gasteiger partial charge on any atom is 0.272 e. The highest BCUT2D eigenvalue weighted by Crippen LogP contribution is 2.44. The molecular weight excluding hydrogens is 338 g/mol. The van der Waals surface area contributed by atoms with Gasteiger partial charge in [0.15, 0.2) is 0 Å². The van der Waals surface area contributed by atoms with Crippen molar-refractivity contribution in [2.45, 2.75) is 18.9 Å². The molecule has 0 amide bonds. The Morgan fingerprint density at radius 3 is 2.81 bits per heavy atom. The van der Waals surface area contributed by atoms with Gasteiger partial charge in [-0.15, -0.1) is 0 Å². The van der Waals surface area contributed by atoms with Gasteiger partial charge in [0.2, 0.25) is 0 Å². The van der Waals surface area contributed by atoms with E-state index in [2.05, 4.69) is 51.6 Å². The molecule has 2 aromatic carbocycles. The van der Waals surface area contributed by atoms with Crippen LogP contribution in [0.15, 0.2) is 58.3 Å². The fraction of sp³-hybridized carbons (Fsp3) is 0.286. The molecule has 1 aromatic heterocycles. The van der Waals surface area contributed by atoms with Crippen LogP contribution in [-0.2, 0) is 0 Å². The summed E-state index contributed by atoms with van der Waals surface area (Å²) >= 11 is 0. The molecule has 0 saturated carbocycles. The van der Waals surface area contributed by atoms with Crippen molar-refractivity contribution >= 4 is 22.3 Å². The molecular formula is C21H21N5O. The van der Waals surface area contributed by atoms with Gasteiger partial charge >= 0.3 is 0 Å². The van der Waals surface area contributed by atoms with Gasteiger partial charge in [-0.1, -0.05) is 36.4 Å². The molecule has 136 valence electrons. The molecule has 3 heterocycles. The molecule has 6 nitrogen and oxygen atoms in total. The lowest BCUT2D eigenvalue weighted by molar-refractivity contribution is 0.458. The number of H-pyrrole nitrogens is 1. The number of nitrogens with one attached hydrogen (secondary N) is 2. The number of amidine groups is 1. The molecule has 2 N–H and O–H groups in total. The monoisotopic (exact) mass is 359 g/mol. The van der Waals surface area contributed by atoms with E-state index >= 15 is 0 Å². The number of aliphatic imine (C=N–C) groups is 1. The van der Waals surface area contributed by atoms with E-state index in [4.69, 9.17) is 4.99 Å². The SMILES string of the molecule is CCN1CCN=C1C1c2n[nH]c(=O)c3cccc(c23)NC1c1ccccc1. The summed E-state index contributed by atoms with van der Waals surface area (Å²) in [4.78, 5) is 19.5. The second-order valence-corrected chi connectivity index (χ2v) is 7.00. The van der Waals surface area contributed by atoms with Crippen LogP contribution in [0.2, 0.25) is 0 Å². The summed E-state index contributed by atoms with van der Waals surface area (Å²) < 4.78 is 0. The lowest BCUT2D eigenvalue weighted by atomic mass is 9.83. The Bertz CT molecular complexity index is 1090. The first-order valence-electron chi connectivity index (χ1n) is 9.40. The third kappa shape index (κ3) is 2.44. The summed E-state index contributed by atoms with van der Waals surface area (Å²) in [5, 5.41) is 12.5. The van der Waals surface area contributed by atoms with E-state index in [1.165, 1.54) is 5.56 Å². The number of hydrogen-bond donors (Lipinski definition) is 2. The van der Waals surface area contributed by atoms with Gasteiger partial charge < -0.3 is 10.2 Å². The number of rotatable bonds is 3. The van der Waals surface area contributed by atoms with Crippen LogP contribution in [0.1, 0.15) is 30.1 Å². The van der Waals surface area contributed by atoms with E-state index in [1.54, 1.807) is 0 Å². The first-order valence-corrected chi connectivity index (χ1v) is 9.40. The Morgan fingerprint density at radius 2 is 2.00 bits per heavy atom. The summed E-state index contributed by atoms with van der Waals surface area (Å²) in [7, 11) is 0. The number of anilines is 1. The Labute approximate surface area is 156 Å². The smallest absolute Gasteiger partial charge is 0.272 e. The van der Waals surface area contributed by atoms with Crippen LogP contribution in [0.25, 0.3) is 10.8 Å². The highest BCUT2D eigenvalue weighted by Gasteiger charge is 2.39. The Morgan fingerprint density at radius 1 is 1.15 bits per heavy atom. The topological polar surface area (TPSA) is 73.4 Å². The van der Waals surface area contributed by atoms with Crippen LogP contribution in [0, 0.1) is 0 Å². The van der Waals surface area contributed by atoms with E-state index < -0.39 is 0 Å². The van der Waals surface area contributed by atoms with Gasteiger partial charge in [-0.05, 0) is 24.6 Å². The molecule has 0 aliphatic carbocycles. The van der Waals surface area contributed by atoms with E-state index in [0.717, 1.165) is 42.2 Å². The van der Waals surface area contributed by atoms with Gasteiger partial charge in [0.25, 0.3) is 5.56 Å². The van der Waals surface area contributed by atoms with Crippen LogP contribution in [0.3, 0.4) is 0 Å². The summed E-state index contributed by atoms with van der Waals surface area (Å²) in [5.41, 5.74) is 2.87. The number of aromatic nitrogens is 2. The molecule has 5 rings (SSSR count). The number of aromatic amines is 1. The Hall–Kier alpha value is -3.15. The van der Waals surface area contributed by atoms with Gasteiger partial charge in [-0.25, -0.2) is 5.10 Å². The fourth-order valence-corrected chi connectivity index (χ4v) is 4.32. The maximum atomic E-state index is 12.3. The zero-order chi connectivity index (χ0) is 18.4. The largest absolute Gasteiger partial charge is 0.377 e. The van der Waals surface area contributed by atoms with E-state index in [-0.39, 0.29) is 17.5 Å². The van der Waals surface area contributed by atoms with Crippen LogP contribution in [0.4, 0.5) is 5.69 Å². The first kappa shape index (κ1) is 16.1. The fourth-order valence-electron chi connectivity index (χ4n) is 4.32. The van der Waals surface area contributed by atoms with Crippen LogP contribution in [-0.4, -0.2) is 40.6 Å². The van der Waals surface area contributed by atoms with E-state index in [9.17, 15) is 4.79 Å². The minimum atomic E-state index is -0.157. The van der Waals surface area contributed by atoms with Crippen LogP contribution < -0.4 is 10.9 Å². The van der Waals surface area contributed by atoms with Gasteiger partial charge in [0, 0.05) is 24.2 Å². The number of hydrogen-bond acceptors (Lipinski definition) is 5. The van der Waals surface area contributed by atoms with Crippen molar-refractivity contribution < 1.29 is 0 Å². The summed E-state index contributed by atoms with van der Waals surface area (Å²) in [5.74, 6) is 0.998. The zero-order valence-corrected chi connectivity index (χ0v) is 15.1. The van der Waals surface area contributed by atoms with Crippen LogP contribution >= 0.6 is 0 Å². The maximum absolute atomic E-state index is 12.3. The predicted octanol–water partition coefficient (Wildman–Crippen LogP) is 2.91. The second kappa shape index (κ2) is 6.23. The molecule has 0 spiro atoms. The third-order valence-corrected chi connectivity index (χ3v) is 5.57. The highest BCUT2D eigenvalue weighted by molar-refractivity contribution is 6.03. The molecule has 6 heteroatoms. The van der Waals surface area contributed by atoms with Crippen LogP contribution in [0.5, 0.6) is 0 Å². The normalized spacial score (nSPS) is 21.2. The lowest BCUT2D eigenvalue weighted by Crippen LogP contribution is -2.39. The predicted molar refractivity (Wildman–Crippen MR) is 107 cm³/mol. The molecule has 27 heavy (non-hydrogen) atoms. The van der Waals surface area contributed by atoms with Gasteiger partial charge in [0.1, 0.15) is 5.84 Å². The van der Waals surface area contributed by atoms with Crippen molar-refractivity contribution in [2.75, 3.05) is 25.0 Å². The molecule has 2 unspecified atom stereocenters. The molecule has 3 aromatic rings. The molecule has 2 atom stereocenters. The standard InChI is InChI=1S/C21H21N5O/c1-2-26-12-11-22-20(26)17-18(13-7-4-3-5-8-13)23-15-10-6-9-14-16(15)19(17)24-25-21(14)27/h3-10,17-18,23H,2,11-12H2,1H3,(H,25,27). The molecule has 2 aliphatic heterocycles. The van der Waals surface area contributed by atoms with E-state index in [0.29, 0.717) is 5.39 Å². The van der Waals surface area contributed by atoms with Gasteiger partial charge in [-0.3, -0.25) is 9.79 Å². The highest BCUT2D eigenvalue weighted by atomic mass is 16.1. The molecule has 0 fully saturated rings. The average molecular weight is 359 g/mol. The molecule has 2 aliphatic rings. The number of likely N-dealkylation sites (N-methyl/N-ethyl adjacent to an activating group) is 1. The van der Waals surface area contributed by atoms with Crippen molar-refractivity contribution in [1.82, 2.24) is 15.1 Å². The molecule has 0 radical (unpaired) electrons. The summed E-state index contributed by atoms with van der Waals surface area (Å²) in [6.07, 6.45) is 0. The number of nitrogens with zero attached hydrogens (tertiary/aromatic N) is 3. The summed E-state index contributed by atoms with van der Waals surface area (Å²) in [6, 6.07) is 16.2. The van der Waals surface area contributed by atoms with Crippen molar-refractivity contribution in [3.8, 4) is 0 Å². The molecule has 0 saturated heterocycles. The van der Waals surface area contributed by atoms with Crippen molar-refractivity contribution in [2.24, 2.45) is 4.99 Å². The quantitative estimate of drug-likeness (QED) is 0.754. The first-order chi connectivity index (χ1) is 13.3. The van der Waals surface area contributed by atoms with Gasteiger partial charge in [0.05, 0.1) is 29.6 Å². The summed E-state index contributed by atoms with van der Waals surface area (Å²) in [6.45, 7) is 4.79. The number of benzene rings is 2. The Kier molecular flexibility index (Phi) is 3.70. The molecule has 0 bridgehead atoms. The average Bonchev–Trinajstić information content (AvgIpc) is 3.19. The van der Waals surface area contributed by atoms with Crippen molar-refractivity contribution in [3.05, 3.63) is 70.1 Å². The Balaban J connectivity index is 1.77. The van der Waals surface area contributed by atoms with E-state index in [1.807, 2.05) is 24.3 Å². The third-order valence-electron chi connectivity index (χ3n) is 5.57. The zero-order valence-electron chi connectivity index (χ0n) is 15.1.